The minimum absolute atomic E-state index is 0.408. The second-order valence-electron chi connectivity index (χ2n) is 6.31. The molecule has 0 aliphatic heterocycles. The van der Waals surface area contributed by atoms with E-state index >= 15 is 0 Å². The molecule has 1 unspecified atom stereocenters. The van der Waals surface area contributed by atoms with Crippen molar-refractivity contribution in [2.75, 3.05) is 12.4 Å². The lowest BCUT2D eigenvalue weighted by Gasteiger charge is -2.16. The van der Waals surface area contributed by atoms with E-state index in [1.165, 1.54) is 7.11 Å². The van der Waals surface area contributed by atoms with Gasteiger partial charge in [-0.05, 0) is 42.5 Å². The number of anilines is 1. The van der Waals surface area contributed by atoms with E-state index < -0.39 is 12.2 Å². The molecular weight excluding hydrogens is 354 g/mol. The number of carbonyl (C=O) groups excluding carboxylic acids is 1. The number of nitrogens with one attached hydrogen (secondary N) is 1. The summed E-state index contributed by atoms with van der Waals surface area (Å²) >= 11 is 0. The number of benzene rings is 3. The minimum atomic E-state index is -0.915. The quantitative estimate of drug-likeness (QED) is 0.410. The van der Waals surface area contributed by atoms with Gasteiger partial charge in [0.05, 0.1) is 23.7 Å². The van der Waals surface area contributed by atoms with Crippen molar-refractivity contribution in [2.24, 2.45) is 0 Å². The first-order valence-electron chi connectivity index (χ1n) is 8.81. The lowest BCUT2D eigenvalue weighted by atomic mass is 10.1. The van der Waals surface area contributed by atoms with Crippen LogP contribution < -0.4 is 5.32 Å². The molecule has 4 rings (SSSR count). The summed E-state index contributed by atoms with van der Waals surface area (Å²) in [7, 11) is 1.34. The molecule has 28 heavy (non-hydrogen) atoms. The Labute approximate surface area is 162 Å². The third kappa shape index (κ3) is 3.45. The number of ether oxygens (including phenoxy) is 1. The summed E-state index contributed by atoms with van der Waals surface area (Å²) < 4.78 is 6.68. The summed E-state index contributed by atoms with van der Waals surface area (Å²) in [6, 6.07) is 22.3. The van der Waals surface area contributed by atoms with Gasteiger partial charge in [0.15, 0.2) is 6.23 Å². The highest BCUT2D eigenvalue weighted by molar-refractivity contribution is 5.89. The number of para-hydroxylation sites is 2. The molecule has 6 heteroatoms. The molecule has 1 aromatic heterocycles. The summed E-state index contributed by atoms with van der Waals surface area (Å²) in [5.74, 6) is -0.408. The highest BCUT2D eigenvalue weighted by Gasteiger charge is 2.11. The number of aliphatic hydroxyl groups excluding tert-OH is 1. The Morgan fingerprint density at radius 3 is 2.64 bits per heavy atom. The maximum Gasteiger partial charge on any atom is 0.337 e. The van der Waals surface area contributed by atoms with Gasteiger partial charge in [0.25, 0.3) is 0 Å². The van der Waals surface area contributed by atoms with E-state index in [9.17, 15) is 9.90 Å². The third-order valence-corrected chi connectivity index (χ3v) is 4.53. The number of hydrogen-bond acceptors (Lipinski definition) is 5. The maximum absolute atomic E-state index is 11.5. The Hall–Kier alpha value is -3.64. The SMILES string of the molecule is COC(=O)c1ccc(C(O)Nc2cccc(-n3cnc4ccccc43)c2)cc1. The van der Waals surface area contributed by atoms with Crippen LogP contribution in [0.2, 0.25) is 0 Å². The number of esters is 1. The molecule has 140 valence electrons. The zero-order valence-corrected chi connectivity index (χ0v) is 15.2. The van der Waals surface area contributed by atoms with E-state index in [1.807, 2.05) is 53.1 Å². The van der Waals surface area contributed by atoms with Crippen molar-refractivity contribution in [1.82, 2.24) is 9.55 Å². The number of aliphatic hydroxyl groups is 1. The molecular formula is C22H19N3O3. The summed E-state index contributed by atoms with van der Waals surface area (Å²) in [6.45, 7) is 0. The summed E-state index contributed by atoms with van der Waals surface area (Å²) in [5, 5.41) is 13.6. The Kier molecular flexibility index (Phi) is 4.78. The first kappa shape index (κ1) is 17.8. The van der Waals surface area contributed by atoms with Crippen LogP contribution in [0.25, 0.3) is 16.7 Å². The molecule has 0 amide bonds. The maximum atomic E-state index is 11.5. The molecule has 0 saturated heterocycles. The molecule has 6 nitrogen and oxygen atoms in total. The van der Waals surface area contributed by atoms with Crippen LogP contribution in [0.4, 0.5) is 5.69 Å². The predicted octanol–water partition coefficient (Wildman–Crippen LogP) is 3.92. The molecule has 0 fully saturated rings. The van der Waals surface area contributed by atoms with Crippen molar-refractivity contribution in [3.63, 3.8) is 0 Å². The van der Waals surface area contributed by atoms with Crippen LogP contribution in [-0.2, 0) is 4.74 Å². The van der Waals surface area contributed by atoms with Crippen LogP contribution in [0.5, 0.6) is 0 Å². The lowest BCUT2D eigenvalue weighted by Crippen LogP contribution is -2.10. The summed E-state index contributed by atoms with van der Waals surface area (Å²) in [4.78, 5) is 15.9. The van der Waals surface area contributed by atoms with Gasteiger partial charge >= 0.3 is 5.97 Å². The zero-order valence-electron chi connectivity index (χ0n) is 15.2. The van der Waals surface area contributed by atoms with Gasteiger partial charge in [-0.25, -0.2) is 9.78 Å². The molecule has 0 spiro atoms. The van der Waals surface area contributed by atoms with Crippen molar-refractivity contribution in [1.29, 1.82) is 0 Å². The van der Waals surface area contributed by atoms with Crippen molar-refractivity contribution in [2.45, 2.75) is 6.23 Å². The average Bonchev–Trinajstić information content (AvgIpc) is 3.17. The monoisotopic (exact) mass is 373 g/mol. The van der Waals surface area contributed by atoms with Crippen LogP contribution in [0, 0.1) is 0 Å². The number of carbonyl (C=O) groups is 1. The molecule has 0 aliphatic rings. The van der Waals surface area contributed by atoms with Gasteiger partial charge in [0.2, 0.25) is 0 Å². The number of nitrogens with zero attached hydrogens (tertiary/aromatic N) is 2. The smallest absolute Gasteiger partial charge is 0.337 e. The molecule has 2 N–H and O–H groups in total. The highest BCUT2D eigenvalue weighted by atomic mass is 16.5. The van der Waals surface area contributed by atoms with Crippen LogP contribution in [0.15, 0.2) is 79.1 Å². The van der Waals surface area contributed by atoms with E-state index in [1.54, 1.807) is 30.6 Å². The Balaban J connectivity index is 1.56. The van der Waals surface area contributed by atoms with Crippen molar-refractivity contribution in [3.05, 3.63) is 90.3 Å². The van der Waals surface area contributed by atoms with E-state index in [0.29, 0.717) is 11.1 Å². The van der Waals surface area contributed by atoms with Crippen LogP contribution in [0.1, 0.15) is 22.1 Å². The second-order valence-corrected chi connectivity index (χ2v) is 6.31. The Morgan fingerprint density at radius 2 is 1.86 bits per heavy atom. The third-order valence-electron chi connectivity index (χ3n) is 4.53. The van der Waals surface area contributed by atoms with Gasteiger partial charge in [-0.1, -0.05) is 30.3 Å². The van der Waals surface area contributed by atoms with E-state index in [-0.39, 0.29) is 0 Å². The van der Waals surface area contributed by atoms with Gasteiger partial charge in [-0.2, -0.15) is 0 Å². The first-order chi connectivity index (χ1) is 13.7. The van der Waals surface area contributed by atoms with Crippen molar-refractivity contribution >= 4 is 22.7 Å². The van der Waals surface area contributed by atoms with E-state index in [2.05, 4.69) is 15.0 Å². The van der Waals surface area contributed by atoms with Gasteiger partial charge in [-0.3, -0.25) is 4.57 Å². The molecule has 4 aromatic rings. The molecule has 1 heterocycles. The van der Waals surface area contributed by atoms with Crippen LogP contribution >= 0.6 is 0 Å². The Bertz CT molecular complexity index is 1120. The fourth-order valence-electron chi connectivity index (χ4n) is 3.07. The van der Waals surface area contributed by atoms with Gasteiger partial charge in [0.1, 0.15) is 6.33 Å². The summed E-state index contributed by atoms with van der Waals surface area (Å²) in [6.07, 6.45) is 0.868. The lowest BCUT2D eigenvalue weighted by molar-refractivity contribution is 0.0600. The number of hydrogen-bond donors (Lipinski definition) is 2. The first-order valence-corrected chi connectivity index (χ1v) is 8.81. The number of imidazole rings is 1. The standard InChI is InChI=1S/C22H19N3O3/c1-28-22(27)16-11-9-15(10-12-16)21(26)24-17-5-4-6-18(13-17)25-14-23-19-7-2-3-8-20(19)25/h2-14,21,24,26H,1H3. The van der Waals surface area contributed by atoms with E-state index in [0.717, 1.165) is 22.4 Å². The molecule has 0 saturated carbocycles. The molecule has 1 atom stereocenters. The van der Waals surface area contributed by atoms with Gasteiger partial charge in [0, 0.05) is 16.9 Å². The number of fused-ring (bicyclic) bond motifs is 1. The summed E-state index contributed by atoms with van der Waals surface area (Å²) in [5.41, 5.74) is 4.72. The second kappa shape index (κ2) is 7.54. The van der Waals surface area contributed by atoms with Gasteiger partial charge < -0.3 is 15.2 Å². The normalized spacial score (nSPS) is 11.9. The average molecular weight is 373 g/mol. The van der Waals surface area contributed by atoms with E-state index in [4.69, 9.17) is 0 Å². The fourth-order valence-corrected chi connectivity index (χ4v) is 3.07. The van der Waals surface area contributed by atoms with Crippen molar-refractivity contribution < 1.29 is 14.6 Å². The molecule has 0 aliphatic carbocycles. The number of methoxy groups -OCH3 is 1. The van der Waals surface area contributed by atoms with Crippen molar-refractivity contribution in [3.8, 4) is 5.69 Å². The Morgan fingerprint density at radius 1 is 1.07 bits per heavy atom. The molecule has 0 bridgehead atoms. The molecule has 3 aromatic carbocycles. The topological polar surface area (TPSA) is 76.4 Å². The van der Waals surface area contributed by atoms with Gasteiger partial charge in [-0.15, -0.1) is 0 Å². The molecule has 0 radical (unpaired) electrons. The fraction of sp³-hybridized carbons (Fsp3) is 0.0909. The van der Waals surface area contributed by atoms with Crippen LogP contribution in [-0.4, -0.2) is 27.7 Å². The number of aromatic nitrogens is 2. The minimum Gasteiger partial charge on any atom is -0.465 e. The zero-order chi connectivity index (χ0) is 19.5. The largest absolute Gasteiger partial charge is 0.465 e. The predicted molar refractivity (Wildman–Crippen MR) is 107 cm³/mol. The van der Waals surface area contributed by atoms with Crippen LogP contribution in [0.3, 0.4) is 0 Å². The highest BCUT2D eigenvalue weighted by Crippen LogP contribution is 2.23. The number of rotatable bonds is 5.